The Morgan fingerprint density at radius 1 is 1.05 bits per heavy atom. The Balaban J connectivity index is 1.25. The highest BCUT2D eigenvalue weighted by atomic mass is 35.5. The molecule has 0 radical (unpaired) electrons. The summed E-state index contributed by atoms with van der Waals surface area (Å²) < 4.78 is 19.3. The molecule has 0 saturated carbocycles. The van der Waals surface area contributed by atoms with Crippen molar-refractivity contribution in [2.75, 3.05) is 31.1 Å². The normalized spacial score (nSPS) is 20.8. The molecule has 4 heterocycles. The minimum Gasteiger partial charge on any atom is -0.460 e. The summed E-state index contributed by atoms with van der Waals surface area (Å²) in [7, 11) is 0. The van der Waals surface area contributed by atoms with Crippen LogP contribution in [0.2, 0.25) is 5.02 Å². The predicted octanol–water partition coefficient (Wildman–Crippen LogP) is 4.85. The first-order valence-electron chi connectivity index (χ1n) is 13.2. The molecule has 3 atom stereocenters. The molecule has 3 unspecified atom stereocenters. The second kappa shape index (κ2) is 12.0. The minimum atomic E-state index is -0.514. The van der Waals surface area contributed by atoms with Crippen LogP contribution >= 0.6 is 11.6 Å². The van der Waals surface area contributed by atoms with E-state index < -0.39 is 5.82 Å². The zero-order chi connectivity index (χ0) is 27.4. The molecule has 2 aliphatic heterocycles. The molecule has 5 rings (SSSR count). The number of rotatable bonds is 6. The summed E-state index contributed by atoms with van der Waals surface area (Å²) in [5.41, 5.74) is 1.63. The lowest BCUT2D eigenvalue weighted by Gasteiger charge is -2.43. The number of hydrogen-bond donors (Lipinski definition) is 0. The zero-order valence-corrected chi connectivity index (χ0v) is 22.5. The molecule has 0 spiro atoms. The second-order valence-electron chi connectivity index (χ2n) is 10.2. The van der Waals surface area contributed by atoms with Gasteiger partial charge in [0.05, 0.1) is 18.0 Å². The molecule has 1 aromatic carbocycles. The molecule has 202 valence electrons. The zero-order valence-electron chi connectivity index (χ0n) is 21.7. The van der Waals surface area contributed by atoms with Crippen LogP contribution in [0.15, 0.2) is 55.0 Å². The van der Waals surface area contributed by atoms with Gasteiger partial charge in [-0.05, 0) is 56.0 Å². The SMILES string of the molecule is CC(Oc1ncc(F)cn1)C1CCN(C(=O)C2CCN(c3ccc(C#N)cn3)CC2)CC1c1ccc(Cl)cc1. The van der Waals surface area contributed by atoms with Crippen molar-refractivity contribution in [2.45, 2.75) is 38.2 Å². The lowest BCUT2D eigenvalue weighted by molar-refractivity contribution is -0.138. The number of carbonyl (C=O) groups excluding carboxylic acids is 1. The van der Waals surface area contributed by atoms with Crippen molar-refractivity contribution in [3.63, 3.8) is 0 Å². The van der Waals surface area contributed by atoms with Gasteiger partial charge in [0.15, 0.2) is 5.82 Å². The quantitative estimate of drug-likeness (QED) is 0.434. The number of benzene rings is 1. The molecule has 2 aliphatic rings. The smallest absolute Gasteiger partial charge is 0.316 e. The van der Waals surface area contributed by atoms with E-state index >= 15 is 0 Å². The highest BCUT2D eigenvalue weighted by Gasteiger charge is 2.39. The Morgan fingerprint density at radius 2 is 1.77 bits per heavy atom. The molecule has 2 fully saturated rings. The van der Waals surface area contributed by atoms with Gasteiger partial charge in [0.25, 0.3) is 0 Å². The van der Waals surface area contributed by atoms with Crippen molar-refractivity contribution < 1.29 is 13.9 Å². The summed E-state index contributed by atoms with van der Waals surface area (Å²) in [6.07, 6.45) is 5.80. The van der Waals surface area contributed by atoms with Gasteiger partial charge in [-0.3, -0.25) is 4.79 Å². The molecule has 2 aromatic heterocycles. The largest absolute Gasteiger partial charge is 0.460 e. The van der Waals surface area contributed by atoms with Crippen LogP contribution in [-0.4, -0.2) is 58.0 Å². The Kier molecular flexibility index (Phi) is 8.22. The topological polar surface area (TPSA) is 95.2 Å². The van der Waals surface area contributed by atoms with Crippen molar-refractivity contribution in [2.24, 2.45) is 11.8 Å². The number of halogens is 2. The van der Waals surface area contributed by atoms with Crippen LogP contribution in [0.25, 0.3) is 0 Å². The van der Waals surface area contributed by atoms with Gasteiger partial charge in [-0.1, -0.05) is 23.7 Å². The van der Waals surface area contributed by atoms with Crippen molar-refractivity contribution in [3.05, 3.63) is 77.0 Å². The van der Waals surface area contributed by atoms with Crippen LogP contribution in [0.5, 0.6) is 6.01 Å². The van der Waals surface area contributed by atoms with E-state index in [2.05, 4.69) is 25.9 Å². The van der Waals surface area contributed by atoms with Gasteiger partial charge < -0.3 is 14.5 Å². The average Bonchev–Trinajstić information content (AvgIpc) is 2.98. The monoisotopic (exact) mass is 548 g/mol. The highest BCUT2D eigenvalue weighted by molar-refractivity contribution is 6.30. The number of nitrogens with zero attached hydrogens (tertiary/aromatic N) is 6. The molecule has 10 heteroatoms. The molecular weight excluding hydrogens is 519 g/mol. The first-order valence-corrected chi connectivity index (χ1v) is 13.6. The summed E-state index contributed by atoms with van der Waals surface area (Å²) in [6, 6.07) is 13.6. The van der Waals surface area contributed by atoms with E-state index in [1.165, 1.54) is 0 Å². The maximum atomic E-state index is 13.7. The summed E-state index contributed by atoms with van der Waals surface area (Å²) in [5.74, 6) is 0.618. The fraction of sp³-hybridized carbons (Fsp3) is 0.414. The third kappa shape index (κ3) is 6.28. The van der Waals surface area contributed by atoms with E-state index in [0.717, 1.165) is 56.1 Å². The summed E-state index contributed by atoms with van der Waals surface area (Å²) in [4.78, 5) is 30.1. The number of aromatic nitrogens is 3. The Morgan fingerprint density at radius 3 is 2.41 bits per heavy atom. The fourth-order valence-electron chi connectivity index (χ4n) is 5.66. The number of anilines is 1. The molecule has 0 bridgehead atoms. The van der Waals surface area contributed by atoms with Crippen molar-refractivity contribution >= 4 is 23.3 Å². The summed E-state index contributed by atoms with van der Waals surface area (Å²) in [6.45, 7) is 4.69. The minimum absolute atomic E-state index is 0.0386. The molecule has 8 nitrogen and oxygen atoms in total. The van der Waals surface area contributed by atoms with E-state index in [9.17, 15) is 9.18 Å². The fourth-order valence-corrected chi connectivity index (χ4v) is 5.79. The van der Waals surface area contributed by atoms with Gasteiger partial charge in [-0.2, -0.15) is 5.26 Å². The number of pyridine rings is 1. The Bertz CT molecular complexity index is 1310. The van der Waals surface area contributed by atoms with Gasteiger partial charge in [-0.15, -0.1) is 0 Å². The van der Waals surface area contributed by atoms with Gasteiger partial charge in [-0.25, -0.2) is 19.3 Å². The maximum Gasteiger partial charge on any atom is 0.316 e. The standard InChI is InChI=1S/C29H30ClFN6O2/c1-19(39-29-34-16-24(31)17-35-29)25-10-13-37(18-26(25)21-3-5-23(30)6-4-21)28(38)22-8-11-36(12-9-22)27-7-2-20(14-32)15-33-27/h2-7,15-17,19,22,25-26H,8-13,18H2,1H3. The number of ether oxygens (including phenoxy) is 1. The first-order chi connectivity index (χ1) is 18.9. The summed E-state index contributed by atoms with van der Waals surface area (Å²) >= 11 is 6.16. The number of carbonyl (C=O) groups is 1. The molecule has 0 N–H and O–H groups in total. The van der Waals surface area contributed by atoms with Crippen molar-refractivity contribution in [3.8, 4) is 12.1 Å². The van der Waals surface area contributed by atoms with E-state index in [1.807, 2.05) is 42.2 Å². The van der Waals surface area contributed by atoms with Crippen molar-refractivity contribution in [1.82, 2.24) is 19.9 Å². The summed E-state index contributed by atoms with van der Waals surface area (Å²) in [5, 5.41) is 9.67. The molecule has 2 saturated heterocycles. The Hall–Kier alpha value is -3.77. The van der Waals surface area contributed by atoms with Gasteiger partial charge in [0.1, 0.15) is 18.0 Å². The number of nitriles is 1. The van der Waals surface area contributed by atoms with E-state index in [1.54, 1.807) is 12.3 Å². The molecule has 0 aliphatic carbocycles. The third-order valence-electron chi connectivity index (χ3n) is 7.81. The second-order valence-corrected chi connectivity index (χ2v) is 10.6. The van der Waals surface area contributed by atoms with E-state index in [4.69, 9.17) is 21.6 Å². The number of amides is 1. The van der Waals surface area contributed by atoms with Crippen LogP contribution in [0.4, 0.5) is 10.2 Å². The van der Waals surface area contributed by atoms with Crippen molar-refractivity contribution in [1.29, 1.82) is 5.26 Å². The van der Waals surface area contributed by atoms with Crippen LogP contribution in [0.1, 0.15) is 43.2 Å². The van der Waals surface area contributed by atoms with Gasteiger partial charge in [0, 0.05) is 55.2 Å². The molecule has 3 aromatic rings. The molecule has 39 heavy (non-hydrogen) atoms. The average molecular weight is 549 g/mol. The van der Waals surface area contributed by atoms with E-state index in [-0.39, 0.29) is 35.8 Å². The number of likely N-dealkylation sites (tertiary alicyclic amines) is 1. The third-order valence-corrected chi connectivity index (χ3v) is 8.06. The predicted molar refractivity (Wildman–Crippen MR) is 145 cm³/mol. The first kappa shape index (κ1) is 26.8. The number of piperidine rings is 2. The van der Waals surface area contributed by atoms with Crippen LogP contribution in [-0.2, 0) is 4.79 Å². The van der Waals surface area contributed by atoms with Crippen LogP contribution < -0.4 is 9.64 Å². The molecule has 1 amide bonds. The van der Waals surface area contributed by atoms with E-state index in [0.29, 0.717) is 23.7 Å². The lowest BCUT2D eigenvalue weighted by Crippen LogP contribution is -2.49. The number of hydrogen-bond acceptors (Lipinski definition) is 7. The maximum absolute atomic E-state index is 13.7. The Labute approximate surface area is 232 Å². The van der Waals surface area contributed by atoms with Crippen LogP contribution in [0, 0.1) is 29.0 Å². The highest BCUT2D eigenvalue weighted by Crippen LogP contribution is 2.37. The lowest BCUT2D eigenvalue weighted by atomic mass is 9.77. The van der Waals surface area contributed by atoms with Gasteiger partial charge >= 0.3 is 6.01 Å². The molecular formula is C29H30ClFN6O2. The van der Waals surface area contributed by atoms with Crippen LogP contribution in [0.3, 0.4) is 0 Å². The van der Waals surface area contributed by atoms with Gasteiger partial charge in [0.2, 0.25) is 5.91 Å².